The Morgan fingerprint density at radius 2 is 2.10 bits per heavy atom. The summed E-state index contributed by atoms with van der Waals surface area (Å²) >= 11 is 0. The highest BCUT2D eigenvalue weighted by Gasteiger charge is 2.18. The molecule has 0 saturated heterocycles. The molecule has 0 saturated carbocycles. The number of fused-ring (bicyclic) bond motifs is 1. The first-order valence-corrected chi connectivity index (χ1v) is 6.97. The molecule has 0 bridgehead atoms. The lowest BCUT2D eigenvalue weighted by Gasteiger charge is -2.31. The van der Waals surface area contributed by atoms with Crippen LogP contribution in [0.3, 0.4) is 0 Å². The summed E-state index contributed by atoms with van der Waals surface area (Å²) < 4.78 is 5.80. The van der Waals surface area contributed by atoms with Crippen LogP contribution in [0.1, 0.15) is 18.1 Å². The van der Waals surface area contributed by atoms with E-state index in [1.807, 2.05) is 24.3 Å². The number of nitrogens with one attached hydrogen (secondary N) is 1. The van der Waals surface area contributed by atoms with E-state index in [1.165, 1.54) is 12.5 Å². The number of rotatable bonds is 2. The van der Waals surface area contributed by atoms with Gasteiger partial charge in [-0.25, -0.2) is 0 Å². The number of aryl methyl sites for hydroxylation is 1. The summed E-state index contributed by atoms with van der Waals surface area (Å²) in [6.07, 6.45) is 0. The zero-order valence-electron chi connectivity index (χ0n) is 12.2. The number of anilines is 2. The van der Waals surface area contributed by atoms with Crippen molar-refractivity contribution in [3.63, 3.8) is 0 Å². The molecule has 0 spiro atoms. The molecule has 108 valence electrons. The van der Waals surface area contributed by atoms with Crippen LogP contribution in [0.4, 0.5) is 11.4 Å². The molecule has 0 aromatic heterocycles. The van der Waals surface area contributed by atoms with Crippen LogP contribution in [0.15, 0.2) is 42.5 Å². The number of benzene rings is 2. The molecule has 2 aromatic carbocycles. The van der Waals surface area contributed by atoms with Crippen LogP contribution in [-0.2, 0) is 11.3 Å². The van der Waals surface area contributed by atoms with Crippen LogP contribution in [0.5, 0.6) is 5.75 Å². The van der Waals surface area contributed by atoms with E-state index >= 15 is 0 Å². The van der Waals surface area contributed by atoms with Crippen molar-refractivity contribution in [3.05, 3.63) is 53.6 Å². The monoisotopic (exact) mass is 282 g/mol. The minimum Gasteiger partial charge on any atom is -0.473 e. The Balaban J connectivity index is 1.85. The van der Waals surface area contributed by atoms with E-state index in [0.717, 1.165) is 29.2 Å². The summed E-state index contributed by atoms with van der Waals surface area (Å²) in [5, 5.41) is 2.81. The average molecular weight is 282 g/mol. The fourth-order valence-corrected chi connectivity index (χ4v) is 2.51. The molecule has 0 atom stereocenters. The SMILES string of the molecule is CC(=O)Nc1ccc2c(c1)CN(c1cccc(C)c1)CO2. The molecule has 0 radical (unpaired) electrons. The van der Waals surface area contributed by atoms with Crippen molar-refractivity contribution in [3.8, 4) is 5.75 Å². The molecule has 4 heteroatoms. The van der Waals surface area contributed by atoms with E-state index in [4.69, 9.17) is 4.74 Å². The van der Waals surface area contributed by atoms with Gasteiger partial charge in [0, 0.05) is 30.4 Å². The summed E-state index contributed by atoms with van der Waals surface area (Å²) in [5.74, 6) is 0.815. The molecule has 0 fully saturated rings. The predicted octanol–water partition coefficient (Wildman–Crippen LogP) is 3.31. The molecule has 1 aliphatic rings. The van der Waals surface area contributed by atoms with Crippen LogP contribution in [-0.4, -0.2) is 12.6 Å². The molecule has 21 heavy (non-hydrogen) atoms. The van der Waals surface area contributed by atoms with Crippen LogP contribution < -0.4 is 15.0 Å². The zero-order valence-corrected chi connectivity index (χ0v) is 12.2. The number of ether oxygens (including phenoxy) is 1. The molecule has 1 heterocycles. The molecular formula is C17H18N2O2. The number of amides is 1. The van der Waals surface area contributed by atoms with Crippen molar-refractivity contribution < 1.29 is 9.53 Å². The third-order valence-corrected chi connectivity index (χ3v) is 3.48. The zero-order chi connectivity index (χ0) is 14.8. The fraction of sp³-hybridized carbons (Fsp3) is 0.235. The van der Waals surface area contributed by atoms with Gasteiger partial charge in [-0.05, 0) is 42.8 Å². The average Bonchev–Trinajstić information content (AvgIpc) is 2.46. The maximum absolute atomic E-state index is 11.2. The lowest BCUT2D eigenvalue weighted by atomic mass is 10.1. The van der Waals surface area contributed by atoms with E-state index in [9.17, 15) is 4.79 Å². The molecular weight excluding hydrogens is 264 g/mol. The number of carbonyl (C=O) groups excluding carboxylic acids is 1. The standard InChI is InChI=1S/C17H18N2O2/c1-12-4-3-5-16(8-12)19-10-14-9-15(18-13(2)20)6-7-17(14)21-11-19/h3-9H,10-11H2,1-2H3,(H,18,20). The van der Waals surface area contributed by atoms with Gasteiger partial charge in [-0.1, -0.05) is 12.1 Å². The van der Waals surface area contributed by atoms with Gasteiger partial charge in [0.1, 0.15) is 5.75 Å². The van der Waals surface area contributed by atoms with Gasteiger partial charge in [0.15, 0.2) is 6.73 Å². The Labute approximate surface area is 124 Å². The molecule has 1 aliphatic heterocycles. The minimum absolute atomic E-state index is 0.0674. The van der Waals surface area contributed by atoms with E-state index in [1.54, 1.807) is 0 Å². The second-order valence-corrected chi connectivity index (χ2v) is 5.31. The van der Waals surface area contributed by atoms with Gasteiger partial charge >= 0.3 is 0 Å². The van der Waals surface area contributed by atoms with Crippen molar-refractivity contribution in [2.45, 2.75) is 20.4 Å². The Bertz CT molecular complexity index is 682. The van der Waals surface area contributed by atoms with E-state index in [-0.39, 0.29) is 5.91 Å². The van der Waals surface area contributed by atoms with E-state index in [2.05, 4.69) is 35.3 Å². The Kier molecular flexibility index (Phi) is 3.52. The van der Waals surface area contributed by atoms with Crippen LogP contribution in [0, 0.1) is 6.92 Å². The minimum atomic E-state index is -0.0674. The highest BCUT2D eigenvalue weighted by molar-refractivity contribution is 5.88. The molecule has 1 N–H and O–H groups in total. The summed E-state index contributed by atoms with van der Waals surface area (Å²) in [6, 6.07) is 14.1. The first-order valence-electron chi connectivity index (χ1n) is 6.97. The smallest absolute Gasteiger partial charge is 0.221 e. The highest BCUT2D eigenvalue weighted by Crippen LogP contribution is 2.30. The summed E-state index contributed by atoms with van der Waals surface area (Å²) in [5.41, 5.74) is 4.25. The molecule has 2 aromatic rings. The van der Waals surface area contributed by atoms with Crippen molar-refractivity contribution >= 4 is 17.3 Å². The van der Waals surface area contributed by atoms with Crippen LogP contribution >= 0.6 is 0 Å². The third kappa shape index (κ3) is 2.99. The third-order valence-electron chi connectivity index (χ3n) is 3.48. The van der Waals surface area contributed by atoms with Crippen molar-refractivity contribution in [2.75, 3.05) is 16.9 Å². The Morgan fingerprint density at radius 3 is 2.86 bits per heavy atom. The first-order chi connectivity index (χ1) is 10.1. The lowest BCUT2D eigenvalue weighted by Crippen LogP contribution is -2.31. The van der Waals surface area contributed by atoms with E-state index < -0.39 is 0 Å². The normalized spacial score (nSPS) is 13.3. The lowest BCUT2D eigenvalue weighted by molar-refractivity contribution is -0.114. The predicted molar refractivity (Wildman–Crippen MR) is 83.6 cm³/mol. The van der Waals surface area contributed by atoms with Crippen molar-refractivity contribution in [1.82, 2.24) is 0 Å². The summed E-state index contributed by atoms with van der Waals surface area (Å²) in [4.78, 5) is 13.3. The molecule has 3 rings (SSSR count). The second-order valence-electron chi connectivity index (χ2n) is 5.31. The van der Waals surface area contributed by atoms with E-state index in [0.29, 0.717) is 6.73 Å². The van der Waals surface area contributed by atoms with Gasteiger partial charge < -0.3 is 15.0 Å². The topological polar surface area (TPSA) is 41.6 Å². The Morgan fingerprint density at radius 1 is 1.24 bits per heavy atom. The van der Waals surface area contributed by atoms with Gasteiger partial charge in [-0.15, -0.1) is 0 Å². The number of carbonyl (C=O) groups is 1. The fourth-order valence-electron chi connectivity index (χ4n) is 2.51. The summed E-state index contributed by atoms with van der Waals surface area (Å²) in [6.45, 7) is 4.90. The van der Waals surface area contributed by atoms with Gasteiger partial charge in [-0.3, -0.25) is 4.79 Å². The van der Waals surface area contributed by atoms with Gasteiger partial charge in [-0.2, -0.15) is 0 Å². The number of nitrogens with zero attached hydrogens (tertiary/aromatic N) is 1. The van der Waals surface area contributed by atoms with Crippen molar-refractivity contribution in [2.24, 2.45) is 0 Å². The number of hydrogen-bond acceptors (Lipinski definition) is 3. The summed E-state index contributed by atoms with van der Waals surface area (Å²) in [7, 11) is 0. The molecule has 0 aliphatic carbocycles. The van der Waals surface area contributed by atoms with Gasteiger partial charge in [0.25, 0.3) is 0 Å². The highest BCUT2D eigenvalue weighted by atomic mass is 16.5. The Hall–Kier alpha value is -2.49. The molecule has 4 nitrogen and oxygen atoms in total. The van der Waals surface area contributed by atoms with Crippen molar-refractivity contribution in [1.29, 1.82) is 0 Å². The second kappa shape index (κ2) is 5.48. The largest absolute Gasteiger partial charge is 0.473 e. The molecule has 1 amide bonds. The molecule has 0 unspecified atom stereocenters. The van der Waals surface area contributed by atoms with Crippen LogP contribution in [0.25, 0.3) is 0 Å². The maximum atomic E-state index is 11.2. The maximum Gasteiger partial charge on any atom is 0.221 e. The quantitative estimate of drug-likeness (QED) is 0.918. The first kappa shape index (κ1) is 13.5. The van der Waals surface area contributed by atoms with Crippen LogP contribution in [0.2, 0.25) is 0 Å². The van der Waals surface area contributed by atoms with Gasteiger partial charge in [0.2, 0.25) is 5.91 Å². The van der Waals surface area contributed by atoms with Gasteiger partial charge in [0.05, 0.1) is 0 Å². The number of hydrogen-bond donors (Lipinski definition) is 1.